The summed E-state index contributed by atoms with van der Waals surface area (Å²) in [4.78, 5) is 6.58. The standard InChI is InChI=1S/C13H16BrN3/c1-16(10-13-15-7-8-17(13)2)9-11-5-3-4-6-12(11)14/h3-8H,9-10H2,1-2H3. The van der Waals surface area contributed by atoms with Gasteiger partial charge >= 0.3 is 0 Å². The number of benzene rings is 1. The van der Waals surface area contributed by atoms with Crippen molar-refractivity contribution in [2.75, 3.05) is 7.05 Å². The number of hydrogen-bond acceptors (Lipinski definition) is 2. The van der Waals surface area contributed by atoms with Gasteiger partial charge in [0.2, 0.25) is 0 Å². The molecule has 3 nitrogen and oxygen atoms in total. The van der Waals surface area contributed by atoms with E-state index >= 15 is 0 Å². The molecule has 0 saturated heterocycles. The third-order valence-corrected chi connectivity index (χ3v) is 3.50. The van der Waals surface area contributed by atoms with Crippen LogP contribution in [0.25, 0.3) is 0 Å². The molecule has 1 aromatic carbocycles. The highest BCUT2D eigenvalue weighted by atomic mass is 79.9. The minimum atomic E-state index is 0.852. The first-order valence-corrected chi connectivity index (χ1v) is 6.34. The van der Waals surface area contributed by atoms with Crippen LogP contribution in [-0.2, 0) is 20.1 Å². The van der Waals surface area contributed by atoms with Crippen LogP contribution in [0, 0.1) is 0 Å². The van der Waals surface area contributed by atoms with E-state index in [9.17, 15) is 0 Å². The minimum absolute atomic E-state index is 0.852. The van der Waals surface area contributed by atoms with Crippen molar-refractivity contribution < 1.29 is 0 Å². The molecule has 0 atom stereocenters. The van der Waals surface area contributed by atoms with Crippen LogP contribution in [-0.4, -0.2) is 21.5 Å². The second-order valence-corrected chi connectivity index (χ2v) is 5.07. The van der Waals surface area contributed by atoms with Gasteiger partial charge < -0.3 is 4.57 Å². The third-order valence-electron chi connectivity index (χ3n) is 2.73. The van der Waals surface area contributed by atoms with Crippen LogP contribution in [0.1, 0.15) is 11.4 Å². The zero-order valence-corrected chi connectivity index (χ0v) is 11.7. The summed E-state index contributed by atoms with van der Waals surface area (Å²) < 4.78 is 3.21. The summed E-state index contributed by atoms with van der Waals surface area (Å²) in [6, 6.07) is 8.31. The Morgan fingerprint density at radius 1 is 1.29 bits per heavy atom. The van der Waals surface area contributed by atoms with Gasteiger partial charge in [-0.3, -0.25) is 4.90 Å². The lowest BCUT2D eigenvalue weighted by molar-refractivity contribution is 0.306. The maximum absolute atomic E-state index is 4.33. The highest BCUT2D eigenvalue weighted by molar-refractivity contribution is 9.10. The molecular formula is C13H16BrN3. The van der Waals surface area contributed by atoms with Gasteiger partial charge in [0.15, 0.2) is 0 Å². The Balaban J connectivity index is 2.01. The highest BCUT2D eigenvalue weighted by Crippen LogP contribution is 2.17. The Labute approximate surface area is 110 Å². The quantitative estimate of drug-likeness (QED) is 0.864. The van der Waals surface area contributed by atoms with Crippen LogP contribution in [0.4, 0.5) is 0 Å². The first-order valence-electron chi connectivity index (χ1n) is 5.55. The monoisotopic (exact) mass is 293 g/mol. The molecule has 1 aromatic heterocycles. The van der Waals surface area contributed by atoms with E-state index in [4.69, 9.17) is 0 Å². The van der Waals surface area contributed by atoms with E-state index in [0.717, 1.165) is 23.4 Å². The van der Waals surface area contributed by atoms with E-state index in [0.29, 0.717) is 0 Å². The summed E-state index contributed by atoms with van der Waals surface area (Å²) in [7, 11) is 4.13. The number of hydrogen-bond donors (Lipinski definition) is 0. The van der Waals surface area contributed by atoms with Crippen molar-refractivity contribution in [3.63, 3.8) is 0 Å². The Bertz CT molecular complexity index is 493. The van der Waals surface area contributed by atoms with Crippen LogP contribution in [0.3, 0.4) is 0 Å². The van der Waals surface area contributed by atoms with Gasteiger partial charge in [-0.15, -0.1) is 0 Å². The van der Waals surface area contributed by atoms with E-state index < -0.39 is 0 Å². The topological polar surface area (TPSA) is 21.1 Å². The van der Waals surface area contributed by atoms with Crippen molar-refractivity contribution in [1.29, 1.82) is 0 Å². The number of aryl methyl sites for hydroxylation is 1. The van der Waals surface area contributed by atoms with E-state index in [1.807, 2.05) is 25.5 Å². The molecule has 0 N–H and O–H groups in total. The molecule has 0 aliphatic heterocycles. The molecule has 0 saturated carbocycles. The third kappa shape index (κ3) is 3.17. The molecular weight excluding hydrogens is 278 g/mol. The molecule has 0 aliphatic rings. The zero-order chi connectivity index (χ0) is 12.3. The van der Waals surface area contributed by atoms with Gasteiger partial charge in [-0.05, 0) is 18.7 Å². The average Bonchev–Trinajstić information content (AvgIpc) is 2.68. The van der Waals surface area contributed by atoms with Gasteiger partial charge in [0.25, 0.3) is 0 Å². The van der Waals surface area contributed by atoms with Gasteiger partial charge in [-0.25, -0.2) is 4.98 Å². The number of nitrogens with zero attached hydrogens (tertiary/aromatic N) is 3. The predicted molar refractivity (Wildman–Crippen MR) is 72.5 cm³/mol. The van der Waals surface area contributed by atoms with Gasteiger partial charge in [0.1, 0.15) is 5.82 Å². The smallest absolute Gasteiger partial charge is 0.122 e. The second-order valence-electron chi connectivity index (χ2n) is 4.22. The van der Waals surface area contributed by atoms with Crippen molar-refractivity contribution in [3.8, 4) is 0 Å². The summed E-state index contributed by atoms with van der Waals surface area (Å²) in [5.41, 5.74) is 1.30. The summed E-state index contributed by atoms with van der Waals surface area (Å²) in [5.74, 6) is 1.08. The second kappa shape index (κ2) is 5.47. The fourth-order valence-electron chi connectivity index (χ4n) is 1.76. The maximum Gasteiger partial charge on any atom is 0.122 e. The number of rotatable bonds is 4. The zero-order valence-electron chi connectivity index (χ0n) is 10.1. The molecule has 4 heteroatoms. The van der Waals surface area contributed by atoms with Crippen LogP contribution in [0.2, 0.25) is 0 Å². The Kier molecular flexibility index (Phi) is 3.97. The Morgan fingerprint density at radius 3 is 2.71 bits per heavy atom. The van der Waals surface area contributed by atoms with Gasteiger partial charge in [-0.2, -0.15) is 0 Å². The molecule has 90 valence electrons. The van der Waals surface area contributed by atoms with E-state index in [1.54, 1.807) is 0 Å². The largest absolute Gasteiger partial charge is 0.337 e. The van der Waals surface area contributed by atoms with Crippen molar-refractivity contribution in [1.82, 2.24) is 14.5 Å². The molecule has 1 heterocycles. The Morgan fingerprint density at radius 2 is 2.06 bits per heavy atom. The molecule has 0 amide bonds. The molecule has 0 unspecified atom stereocenters. The van der Waals surface area contributed by atoms with E-state index in [2.05, 4.69) is 55.6 Å². The van der Waals surface area contributed by atoms with Crippen LogP contribution in [0.5, 0.6) is 0 Å². The molecule has 0 spiro atoms. The molecule has 17 heavy (non-hydrogen) atoms. The first kappa shape index (κ1) is 12.3. The number of halogens is 1. The van der Waals surface area contributed by atoms with Crippen LogP contribution in [0.15, 0.2) is 41.1 Å². The molecule has 0 fully saturated rings. The lowest BCUT2D eigenvalue weighted by Crippen LogP contribution is -2.19. The molecule has 0 aliphatic carbocycles. The lowest BCUT2D eigenvalue weighted by atomic mass is 10.2. The fourth-order valence-corrected chi connectivity index (χ4v) is 2.17. The predicted octanol–water partition coefficient (Wildman–Crippen LogP) is 2.81. The molecule has 2 rings (SSSR count). The van der Waals surface area contributed by atoms with Crippen LogP contribution < -0.4 is 0 Å². The normalized spacial score (nSPS) is 11.1. The van der Waals surface area contributed by atoms with Crippen molar-refractivity contribution >= 4 is 15.9 Å². The summed E-state index contributed by atoms with van der Waals surface area (Å²) >= 11 is 3.57. The van der Waals surface area contributed by atoms with Crippen molar-refractivity contribution in [3.05, 3.63) is 52.5 Å². The first-order chi connectivity index (χ1) is 8.16. The summed E-state index contributed by atoms with van der Waals surface area (Å²) in [6.07, 6.45) is 3.81. The lowest BCUT2D eigenvalue weighted by Gasteiger charge is -2.17. The van der Waals surface area contributed by atoms with Crippen molar-refractivity contribution in [2.24, 2.45) is 7.05 Å². The molecule has 0 radical (unpaired) electrons. The van der Waals surface area contributed by atoms with Crippen LogP contribution >= 0.6 is 15.9 Å². The highest BCUT2D eigenvalue weighted by Gasteiger charge is 2.06. The van der Waals surface area contributed by atoms with E-state index in [-0.39, 0.29) is 0 Å². The number of imidazole rings is 1. The van der Waals surface area contributed by atoms with E-state index in [1.165, 1.54) is 5.56 Å². The minimum Gasteiger partial charge on any atom is -0.337 e. The molecule has 2 aromatic rings. The average molecular weight is 294 g/mol. The van der Waals surface area contributed by atoms with Gasteiger partial charge in [0, 0.05) is 30.5 Å². The maximum atomic E-state index is 4.33. The summed E-state index contributed by atoms with van der Waals surface area (Å²) in [5, 5.41) is 0. The Hall–Kier alpha value is -1.13. The number of aromatic nitrogens is 2. The fraction of sp³-hybridized carbons (Fsp3) is 0.308. The van der Waals surface area contributed by atoms with Gasteiger partial charge in [0.05, 0.1) is 6.54 Å². The summed E-state index contributed by atoms with van der Waals surface area (Å²) in [6.45, 7) is 1.76. The van der Waals surface area contributed by atoms with Crippen molar-refractivity contribution in [2.45, 2.75) is 13.1 Å². The van der Waals surface area contributed by atoms with Gasteiger partial charge in [-0.1, -0.05) is 34.1 Å². The molecule has 0 bridgehead atoms. The SMILES string of the molecule is CN(Cc1ccccc1Br)Cc1nccn1C.